The zero-order valence-electron chi connectivity index (χ0n) is 13.4. The molecule has 0 unspecified atom stereocenters. The van der Waals surface area contributed by atoms with Gasteiger partial charge in [-0.15, -0.1) is 0 Å². The molecule has 0 aliphatic rings. The second-order valence-corrected chi connectivity index (χ2v) is 5.61. The van der Waals surface area contributed by atoms with Crippen molar-refractivity contribution in [2.75, 3.05) is 0 Å². The van der Waals surface area contributed by atoms with Crippen molar-refractivity contribution in [2.45, 2.75) is 12.7 Å². The van der Waals surface area contributed by atoms with Crippen LogP contribution >= 0.6 is 11.6 Å². The van der Waals surface area contributed by atoms with Crippen molar-refractivity contribution in [3.05, 3.63) is 82.3 Å². The summed E-state index contributed by atoms with van der Waals surface area (Å²) in [5.74, 6) is -0.750. The maximum Gasteiger partial charge on any atom is 0.417 e. The SMILES string of the molecule is C=C/C=C(\C=C)Cn1cc(O)c(=O)nc1-c1cccc(C(F)(F)F)c1Cl. The number of allylic oxidation sites excluding steroid dienone is 4. The highest BCUT2D eigenvalue weighted by molar-refractivity contribution is 6.34. The van der Waals surface area contributed by atoms with E-state index >= 15 is 0 Å². The third kappa shape index (κ3) is 4.05. The second-order valence-electron chi connectivity index (χ2n) is 5.23. The smallest absolute Gasteiger partial charge is 0.417 e. The van der Waals surface area contributed by atoms with Gasteiger partial charge >= 0.3 is 11.7 Å². The molecule has 0 aliphatic heterocycles. The summed E-state index contributed by atoms with van der Waals surface area (Å²) in [6.07, 6.45) is 1.06. The monoisotopic (exact) mass is 382 g/mol. The Morgan fingerprint density at radius 1 is 1.35 bits per heavy atom. The average molecular weight is 383 g/mol. The van der Waals surface area contributed by atoms with Crippen LogP contribution < -0.4 is 5.56 Å². The van der Waals surface area contributed by atoms with E-state index in [1.54, 1.807) is 6.08 Å². The summed E-state index contributed by atoms with van der Waals surface area (Å²) in [7, 11) is 0. The van der Waals surface area contributed by atoms with E-state index in [0.717, 1.165) is 12.3 Å². The molecule has 1 aromatic carbocycles. The number of aromatic hydroxyl groups is 1. The van der Waals surface area contributed by atoms with Crippen molar-refractivity contribution in [2.24, 2.45) is 0 Å². The van der Waals surface area contributed by atoms with Crippen LogP contribution in [0.3, 0.4) is 0 Å². The second kappa shape index (κ2) is 7.61. The van der Waals surface area contributed by atoms with Crippen LogP contribution in [0.4, 0.5) is 13.2 Å². The van der Waals surface area contributed by atoms with Gasteiger partial charge < -0.3 is 9.67 Å². The van der Waals surface area contributed by atoms with Gasteiger partial charge in [0.15, 0.2) is 5.75 Å². The molecule has 0 atom stereocenters. The van der Waals surface area contributed by atoms with E-state index in [0.29, 0.717) is 5.57 Å². The lowest BCUT2D eigenvalue weighted by molar-refractivity contribution is -0.137. The van der Waals surface area contributed by atoms with Crippen LogP contribution in [-0.2, 0) is 12.7 Å². The number of alkyl halides is 3. The summed E-state index contributed by atoms with van der Waals surface area (Å²) in [6.45, 7) is 7.28. The molecule has 1 heterocycles. The molecule has 0 bridgehead atoms. The van der Waals surface area contributed by atoms with E-state index in [2.05, 4.69) is 18.1 Å². The number of rotatable bonds is 5. The van der Waals surface area contributed by atoms with Gasteiger partial charge in [0.2, 0.25) is 0 Å². The summed E-state index contributed by atoms with van der Waals surface area (Å²) in [5, 5.41) is 9.08. The maximum absolute atomic E-state index is 13.1. The van der Waals surface area contributed by atoms with Crippen molar-refractivity contribution in [1.29, 1.82) is 0 Å². The lowest BCUT2D eigenvalue weighted by Crippen LogP contribution is -2.16. The first-order chi connectivity index (χ1) is 12.2. The molecule has 0 fully saturated rings. The quantitative estimate of drug-likeness (QED) is 0.770. The van der Waals surface area contributed by atoms with Gasteiger partial charge in [-0.1, -0.05) is 49.1 Å². The van der Waals surface area contributed by atoms with Gasteiger partial charge in [0, 0.05) is 12.1 Å². The van der Waals surface area contributed by atoms with Gasteiger partial charge in [0.25, 0.3) is 0 Å². The molecule has 136 valence electrons. The molecule has 0 saturated heterocycles. The van der Waals surface area contributed by atoms with E-state index in [4.69, 9.17) is 11.6 Å². The Bertz CT molecular complexity index is 946. The molecule has 26 heavy (non-hydrogen) atoms. The minimum Gasteiger partial charge on any atom is -0.502 e. The number of aromatic nitrogens is 2. The zero-order valence-corrected chi connectivity index (χ0v) is 14.2. The van der Waals surface area contributed by atoms with Crippen LogP contribution in [0.15, 0.2) is 66.1 Å². The van der Waals surface area contributed by atoms with E-state index in [1.165, 1.54) is 28.9 Å². The lowest BCUT2D eigenvalue weighted by Gasteiger charge is -2.16. The van der Waals surface area contributed by atoms with Gasteiger partial charge in [-0.3, -0.25) is 4.79 Å². The largest absolute Gasteiger partial charge is 0.502 e. The van der Waals surface area contributed by atoms with Gasteiger partial charge in [-0.25, -0.2) is 0 Å². The standard InChI is InChI=1S/C18H14ClF3N2O2/c1-3-6-11(4-2)9-24-10-14(25)17(26)23-16(24)12-7-5-8-13(15(12)19)18(20,21)22/h3-8,10,25H,1-2,9H2/b11-6+. The highest BCUT2D eigenvalue weighted by Gasteiger charge is 2.34. The Balaban J connectivity index is 2.72. The summed E-state index contributed by atoms with van der Waals surface area (Å²) in [4.78, 5) is 15.4. The van der Waals surface area contributed by atoms with E-state index in [1.807, 2.05) is 0 Å². The van der Waals surface area contributed by atoms with Gasteiger partial charge in [0.05, 0.1) is 16.8 Å². The van der Waals surface area contributed by atoms with Crippen molar-refractivity contribution in [3.63, 3.8) is 0 Å². The Morgan fingerprint density at radius 2 is 2.04 bits per heavy atom. The Morgan fingerprint density at radius 3 is 2.62 bits per heavy atom. The first-order valence-corrected chi connectivity index (χ1v) is 7.67. The summed E-state index contributed by atoms with van der Waals surface area (Å²) < 4.78 is 40.6. The molecular formula is C18H14ClF3N2O2. The lowest BCUT2D eigenvalue weighted by atomic mass is 10.1. The van der Waals surface area contributed by atoms with E-state index < -0.39 is 28.1 Å². The molecule has 1 aromatic heterocycles. The van der Waals surface area contributed by atoms with Crippen LogP contribution in [0, 0.1) is 0 Å². The summed E-state index contributed by atoms with van der Waals surface area (Å²) >= 11 is 5.93. The Hall–Kier alpha value is -2.80. The molecule has 0 amide bonds. The fourth-order valence-corrected chi connectivity index (χ4v) is 2.59. The zero-order chi connectivity index (χ0) is 19.5. The van der Waals surface area contributed by atoms with Crippen LogP contribution in [0.1, 0.15) is 5.56 Å². The number of nitrogens with zero attached hydrogens (tertiary/aromatic N) is 2. The third-order valence-corrected chi connectivity index (χ3v) is 3.88. The maximum atomic E-state index is 13.1. The summed E-state index contributed by atoms with van der Waals surface area (Å²) in [5.41, 5.74) is -1.47. The molecule has 4 nitrogen and oxygen atoms in total. The van der Waals surface area contributed by atoms with E-state index in [-0.39, 0.29) is 17.9 Å². The predicted octanol–water partition coefficient (Wildman–Crippen LogP) is 4.59. The first kappa shape index (κ1) is 19.5. The number of halogens is 4. The molecule has 2 aromatic rings. The fraction of sp³-hybridized carbons (Fsp3) is 0.111. The molecular weight excluding hydrogens is 369 g/mol. The van der Waals surface area contributed by atoms with Gasteiger partial charge in [0.1, 0.15) is 5.82 Å². The van der Waals surface area contributed by atoms with E-state index in [9.17, 15) is 23.1 Å². The molecule has 8 heteroatoms. The van der Waals surface area contributed by atoms with Crippen LogP contribution in [0.25, 0.3) is 11.4 Å². The van der Waals surface area contributed by atoms with Crippen LogP contribution in [0.2, 0.25) is 5.02 Å². The number of benzene rings is 1. The highest BCUT2D eigenvalue weighted by atomic mass is 35.5. The fourth-order valence-electron chi connectivity index (χ4n) is 2.27. The molecule has 0 aliphatic carbocycles. The Kier molecular flexibility index (Phi) is 5.72. The number of hydrogen-bond donors (Lipinski definition) is 1. The van der Waals surface area contributed by atoms with Crippen LogP contribution in [-0.4, -0.2) is 14.7 Å². The van der Waals surface area contributed by atoms with Crippen molar-refractivity contribution < 1.29 is 18.3 Å². The average Bonchev–Trinajstić information content (AvgIpc) is 2.56. The molecule has 0 saturated carbocycles. The number of hydrogen-bond acceptors (Lipinski definition) is 3. The topological polar surface area (TPSA) is 55.1 Å². The normalized spacial score (nSPS) is 12.1. The highest BCUT2D eigenvalue weighted by Crippen LogP contribution is 2.39. The van der Waals surface area contributed by atoms with Gasteiger partial charge in [-0.05, 0) is 17.7 Å². The predicted molar refractivity (Wildman–Crippen MR) is 94.1 cm³/mol. The summed E-state index contributed by atoms with van der Waals surface area (Å²) in [6, 6.07) is 3.32. The van der Waals surface area contributed by atoms with Crippen molar-refractivity contribution in [3.8, 4) is 17.1 Å². The minimum absolute atomic E-state index is 0.0816. The van der Waals surface area contributed by atoms with Crippen molar-refractivity contribution >= 4 is 11.6 Å². The van der Waals surface area contributed by atoms with Gasteiger partial charge in [-0.2, -0.15) is 18.2 Å². The molecule has 1 N–H and O–H groups in total. The van der Waals surface area contributed by atoms with Crippen LogP contribution in [0.5, 0.6) is 5.75 Å². The molecule has 2 rings (SSSR count). The minimum atomic E-state index is -4.66. The first-order valence-electron chi connectivity index (χ1n) is 7.29. The van der Waals surface area contributed by atoms with Crippen molar-refractivity contribution in [1.82, 2.24) is 9.55 Å². The third-order valence-electron chi connectivity index (χ3n) is 3.47. The molecule has 0 radical (unpaired) electrons. The Labute approximate surface area is 152 Å². The molecule has 0 spiro atoms.